The van der Waals surface area contributed by atoms with E-state index < -0.39 is 0 Å². The normalized spacial score (nSPS) is 11.3. The lowest BCUT2D eigenvalue weighted by Gasteiger charge is -2.22. The molecule has 0 unspecified atom stereocenters. The standard InChI is InChI=1S/C18H22FN3/c1-20-18(22(2)14-15-8-4-3-5-9-15)21-13-12-16-10-6-7-11-17(16)19/h3-11H,12-14H2,1-2H3,(H,20,21). The molecule has 4 heteroatoms. The van der Waals surface area contributed by atoms with Gasteiger partial charge in [-0.3, -0.25) is 4.99 Å². The predicted octanol–water partition coefficient (Wildman–Crippen LogP) is 3.08. The molecule has 1 N–H and O–H groups in total. The fourth-order valence-corrected chi connectivity index (χ4v) is 2.33. The van der Waals surface area contributed by atoms with Gasteiger partial charge in [-0.25, -0.2) is 4.39 Å². The molecule has 0 fully saturated rings. The number of aliphatic imine (C=N–C) groups is 1. The number of nitrogens with zero attached hydrogens (tertiary/aromatic N) is 2. The summed E-state index contributed by atoms with van der Waals surface area (Å²) in [5.74, 6) is 0.650. The molecule has 3 nitrogen and oxygen atoms in total. The van der Waals surface area contributed by atoms with Gasteiger partial charge in [-0.2, -0.15) is 0 Å². The summed E-state index contributed by atoms with van der Waals surface area (Å²) in [6.07, 6.45) is 0.630. The van der Waals surface area contributed by atoms with E-state index in [1.807, 2.05) is 37.4 Å². The Hall–Kier alpha value is -2.36. The third kappa shape index (κ3) is 4.58. The summed E-state index contributed by atoms with van der Waals surface area (Å²) in [5, 5.41) is 3.27. The zero-order valence-electron chi connectivity index (χ0n) is 13.1. The first-order chi connectivity index (χ1) is 10.7. The molecule has 22 heavy (non-hydrogen) atoms. The van der Waals surface area contributed by atoms with Crippen LogP contribution in [-0.2, 0) is 13.0 Å². The van der Waals surface area contributed by atoms with E-state index in [4.69, 9.17) is 0 Å². The Morgan fingerprint density at radius 3 is 2.45 bits per heavy atom. The lowest BCUT2D eigenvalue weighted by molar-refractivity contribution is 0.477. The molecule has 2 aromatic rings. The first kappa shape index (κ1) is 16.0. The van der Waals surface area contributed by atoms with Gasteiger partial charge in [0.1, 0.15) is 5.82 Å². The minimum absolute atomic E-state index is 0.156. The Bertz CT molecular complexity index is 611. The first-order valence-electron chi connectivity index (χ1n) is 7.40. The number of halogens is 1. The molecule has 2 aromatic carbocycles. The van der Waals surface area contributed by atoms with Crippen molar-refractivity contribution in [3.8, 4) is 0 Å². The Morgan fingerprint density at radius 2 is 1.77 bits per heavy atom. The van der Waals surface area contributed by atoms with Crippen molar-refractivity contribution in [3.05, 3.63) is 71.5 Å². The van der Waals surface area contributed by atoms with Crippen molar-refractivity contribution in [2.45, 2.75) is 13.0 Å². The molecule has 0 saturated heterocycles. The quantitative estimate of drug-likeness (QED) is 0.679. The van der Waals surface area contributed by atoms with Crippen LogP contribution >= 0.6 is 0 Å². The summed E-state index contributed by atoms with van der Waals surface area (Å²) in [6.45, 7) is 1.42. The summed E-state index contributed by atoms with van der Waals surface area (Å²) in [7, 11) is 3.75. The van der Waals surface area contributed by atoms with Gasteiger partial charge in [0.2, 0.25) is 0 Å². The second-order valence-electron chi connectivity index (χ2n) is 5.16. The summed E-state index contributed by atoms with van der Waals surface area (Å²) in [6, 6.07) is 17.1. The minimum atomic E-state index is -0.156. The van der Waals surface area contributed by atoms with Crippen LogP contribution in [-0.4, -0.2) is 31.5 Å². The molecule has 0 aromatic heterocycles. The van der Waals surface area contributed by atoms with Gasteiger partial charge in [0, 0.05) is 27.2 Å². The largest absolute Gasteiger partial charge is 0.356 e. The number of hydrogen-bond donors (Lipinski definition) is 1. The van der Waals surface area contributed by atoms with E-state index >= 15 is 0 Å². The highest BCUT2D eigenvalue weighted by molar-refractivity contribution is 5.79. The number of benzene rings is 2. The first-order valence-corrected chi connectivity index (χ1v) is 7.40. The van der Waals surface area contributed by atoms with Crippen LogP contribution in [0.5, 0.6) is 0 Å². The van der Waals surface area contributed by atoms with Gasteiger partial charge >= 0.3 is 0 Å². The van der Waals surface area contributed by atoms with Crippen molar-refractivity contribution in [1.29, 1.82) is 0 Å². The van der Waals surface area contributed by atoms with Crippen molar-refractivity contribution in [3.63, 3.8) is 0 Å². The molecule has 0 heterocycles. The van der Waals surface area contributed by atoms with Crippen LogP contribution in [0.3, 0.4) is 0 Å². The zero-order valence-corrected chi connectivity index (χ0v) is 13.1. The zero-order chi connectivity index (χ0) is 15.8. The third-order valence-electron chi connectivity index (χ3n) is 3.47. The molecule has 0 aliphatic carbocycles. The number of nitrogens with one attached hydrogen (secondary N) is 1. The Balaban J connectivity index is 1.86. The molecule has 0 radical (unpaired) electrons. The SMILES string of the molecule is CN=C(NCCc1ccccc1F)N(C)Cc1ccccc1. The topological polar surface area (TPSA) is 27.6 Å². The van der Waals surface area contributed by atoms with Crippen LogP contribution in [0.1, 0.15) is 11.1 Å². The van der Waals surface area contributed by atoms with E-state index in [0.29, 0.717) is 13.0 Å². The Kier molecular flexibility index (Phi) is 5.95. The molecule has 0 aliphatic heterocycles. The lowest BCUT2D eigenvalue weighted by atomic mass is 10.1. The van der Waals surface area contributed by atoms with Gasteiger partial charge in [0.05, 0.1) is 0 Å². The van der Waals surface area contributed by atoms with Crippen LogP contribution in [0.4, 0.5) is 4.39 Å². The Labute approximate surface area is 131 Å². The van der Waals surface area contributed by atoms with E-state index in [2.05, 4.69) is 27.3 Å². The van der Waals surface area contributed by atoms with Crippen molar-refractivity contribution in [1.82, 2.24) is 10.2 Å². The van der Waals surface area contributed by atoms with Gasteiger partial charge < -0.3 is 10.2 Å². The highest BCUT2D eigenvalue weighted by Gasteiger charge is 2.07. The average Bonchev–Trinajstić information content (AvgIpc) is 2.54. The van der Waals surface area contributed by atoms with Crippen LogP contribution < -0.4 is 5.32 Å². The second kappa shape index (κ2) is 8.17. The lowest BCUT2D eigenvalue weighted by Crippen LogP contribution is -2.39. The number of rotatable bonds is 5. The molecule has 0 aliphatic rings. The molecule has 116 valence electrons. The Morgan fingerprint density at radius 1 is 1.09 bits per heavy atom. The van der Waals surface area contributed by atoms with E-state index in [1.54, 1.807) is 13.1 Å². The van der Waals surface area contributed by atoms with Gasteiger partial charge in [0.25, 0.3) is 0 Å². The molecular weight excluding hydrogens is 277 g/mol. The molecule has 0 bridgehead atoms. The molecule has 2 rings (SSSR count). The highest BCUT2D eigenvalue weighted by atomic mass is 19.1. The fraction of sp³-hybridized carbons (Fsp3) is 0.278. The van der Waals surface area contributed by atoms with E-state index in [-0.39, 0.29) is 5.82 Å². The summed E-state index contributed by atoms with van der Waals surface area (Å²) < 4.78 is 13.6. The minimum Gasteiger partial charge on any atom is -0.356 e. The van der Waals surface area contributed by atoms with Crippen molar-refractivity contribution < 1.29 is 4.39 Å². The summed E-state index contributed by atoms with van der Waals surface area (Å²) >= 11 is 0. The maximum atomic E-state index is 13.6. The summed E-state index contributed by atoms with van der Waals surface area (Å²) in [5.41, 5.74) is 1.94. The fourth-order valence-electron chi connectivity index (χ4n) is 2.33. The number of hydrogen-bond acceptors (Lipinski definition) is 1. The second-order valence-corrected chi connectivity index (χ2v) is 5.16. The van der Waals surface area contributed by atoms with Gasteiger partial charge in [-0.05, 0) is 23.6 Å². The van der Waals surface area contributed by atoms with Crippen LogP contribution in [0.2, 0.25) is 0 Å². The van der Waals surface area contributed by atoms with E-state index in [9.17, 15) is 4.39 Å². The average molecular weight is 299 g/mol. The molecule has 0 spiro atoms. The summed E-state index contributed by atoms with van der Waals surface area (Å²) in [4.78, 5) is 6.33. The van der Waals surface area contributed by atoms with E-state index in [0.717, 1.165) is 18.1 Å². The van der Waals surface area contributed by atoms with Crippen molar-refractivity contribution >= 4 is 5.96 Å². The van der Waals surface area contributed by atoms with Crippen molar-refractivity contribution in [2.24, 2.45) is 4.99 Å². The van der Waals surface area contributed by atoms with Crippen LogP contribution in [0.15, 0.2) is 59.6 Å². The van der Waals surface area contributed by atoms with Crippen LogP contribution in [0.25, 0.3) is 0 Å². The third-order valence-corrected chi connectivity index (χ3v) is 3.47. The highest BCUT2D eigenvalue weighted by Crippen LogP contribution is 2.06. The van der Waals surface area contributed by atoms with Gasteiger partial charge in [-0.1, -0.05) is 48.5 Å². The maximum absolute atomic E-state index is 13.6. The van der Waals surface area contributed by atoms with E-state index in [1.165, 1.54) is 11.6 Å². The van der Waals surface area contributed by atoms with Crippen LogP contribution in [0, 0.1) is 5.82 Å². The van der Waals surface area contributed by atoms with Crippen molar-refractivity contribution in [2.75, 3.05) is 20.6 Å². The molecule has 0 saturated carbocycles. The maximum Gasteiger partial charge on any atom is 0.193 e. The molecule has 0 amide bonds. The molecule has 0 atom stereocenters. The monoisotopic (exact) mass is 299 g/mol. The van der Waals surface area contributed by atoms with Gasteiger partial charge in [0.15, 0.2) is 5.96 Å². The smallest absolute Gasteiger partial charge is 0.193 e. The molecular formula is C18H22FN3. The van der Waals surface area contributed by atoms with Gasteiger partial charge in [-0.15, -0.1) is 0 Å². The number of guanidine groups is 1. The predicted molar refractivity (Wildman–Crippen MR) is 89.4 cm³/mol.